The summed E-state index contributed by atoms with van der Waals surface area (Å²) in [5, 5.41) is 9.67. The number of carboxylic acids is 1. The predicted octanol–water partition coefficient (Wildman–Crippen LogP) is 2.62. The summed E-state index contributed by atoms with van der Waals surface area (Å²) in [6.07, 6.45) is 4.02. The molecule has 0 fully saturated rings. The van der Waals surface area contributed by atoms with Crippen LogP contribution in [0.25, 0.3) is 0 Å². The molecule has 1 aliphatic rings. The van der Waals surface area contributed by atoms with Gasteiger partial charge in [-0.2, -0.15) is 0 Å². The number of hydrogen-bond donors (Lipinski definition) is 2. The minimum Gasteiger partial charge on any atom is -0.495 e. The van der Waals surface area contributed by atoms with Gasteiger partial charge in [-0.15, -0.1) is 0 Å². The van der Waals surface area contributed by atoms with Crippen LogP contribution in [-0.4, -0.2) is 18.2 Å². The zero-order valence-electron chi connectivity index (χ0n) is 11.1. The molecular weight excluding hydrogens is 266 g/mol. The summed E-state index contributed by atoms with van der Waals surface area (Å²) in [6.45, 7) is 1.90. The molecule has 0 saturated carbocycles. The van der Waals surface area contributed by atoms with Gasteiger partial charge in [0.1, 0.15) is 11.8 Å². The van der Waals surface area contributed by atoms with E-state index in [2.05, 4.69) is 0 Å². The molecule has 0 amide bonds. The molecule has 0 aromatic heterocycles. The number of hydrogen-bond acceptors (Lipinski definition) is 3. The van der Waals surface area contributed by atoms with Gasteiger partial charge >= 0.3 is 5.97 Å². The topological polar surface area (TPSA) is 72.5 Å². The van der Waals surface area contributed by atoms with E-state index in [1.165, 1.54) is 7.11 Å². The molecule has 104 valence electrons. The summed E-state index contributed by atoms with van der Waals surface area (Å²) in [4.78, 5) is 11.2. The van der Waals surface area contributed by atoms with E-state index in [0.29, 0.717) is 16.3 Å². The van der Waals surface area contributed by atoms with Gasteiger partial charge in [0, 0.05) is 5.56 Å². The van der Waals surface area contributed by atoms with Crippen LogP contribution in [0.5, 0.6) is 5.75 Å². The van der Waals surface area contributed by atoms with Crippen molar-refractivity contribution in [1.82, 2.24) is 0 Å². The van der Waals surface area contributed by atoms with Crippen LogP contribution >= 0.6 is 11.6 Å². The van der Waals surface area contributed by atoms with Crippen molar-refractivity contribution in [1.29, 1.82) is 0 Å². The SMILES string of the molecule is COc1c(Cl)c2c(c(C)c1C(N)C(=O)O)CCCC2. The maximum absolute atomic E-state index is 11.2. The average molecular weight is 284 g/mol. The van der Waals surface area contributed by atoms with Gasteiger partial charge in [-0.1, -0.05) is 11.6 Å². The molecule has 3 N–H and O–H groups in total. The summed E-state index contributed by atoms with van der Waals surface area (Å²) in [7, 11) is 1.49. The van der Waals surface area contributed by atoms with E-state index in [-0.39, 0.29) is 0 Å². The molecule has 0 bridgehead atoms. The fourth-order valence-corrected chi connectivity index (χ4v) is 3.23. The molecule has 0 aliphatic heterocycles. The number of fused-ring (bicyclic) bond motifs is 1. The van der Waals surface area contributed by atoms with E-state index in [1.54, 1.807) is 0 Å². The molecule has 5 heteroatoms. The van der Waals surface area contributed by atoms with Crippen LogP contribution in [-0.2, 0) is 17.6 Å². The molecule has 0 radical (unpaired) electrons. The zero-order valence-corrected chi connectivity index (χ0v) is 11.9. The Morgan fingerprint density at radius 1 is 1.37 bits per heavy atom. The number of carboxylic acid groups (broad SMARTS) is 1. The third-order valence-corrected chi connectivity index (χ3v) is 4.21. The molecule has 1 aromatic rings. The van der Waals surface area contributed by atoms with Crippen molar-refractivity contribution in [2.24, 2.45) is 5.73 Å². The molecule has 1 atom stereocenters. The average Bonchev–Trinajstić information content (AvgIpc) is 2.41. The molecular formula is C14H18ClNO3. The minimum absolute atomic E-state index is 0.412. The summed E-state index contributed by atoms with van der Waals surface area (Å²) >= 11 is 6.38. The molecule has 2 rings (SSSR count). The number of methoxy groups -OCH3 is 1. The fraction of sp³-hybridized carbons (Fsp3) is 0.500. The van der Waals surface area contributed by atoms with E-state index >= 15 is 0 Å². The highest BCUT2D eigenvalue weighted by molar-refractivity contribution is 6.33. The molecule has 0 heterocycles. The molecule has 1 unspecified atom stereocenters. The highest BCUT2D eigenvalue weighted by Gasteiger charge is 2.28. The van der Waals surface area contributed by atoms with E-state index in [4.69, 9.17) is 27.2 Å². The van der Waals surface area contributed by atoms with Gasteiger partial charge in [-0.25, -0.2) is 0 Å². The quantitative estimate of drug-likeness (QED) is 0.894. The van der Waals surface area contributed by atoms with Crippen molar-refractivity contribution < 1.29 is 14.6 Å². The highest BCUT2D eigenvalue weighted by Crippen LogP contribution is 2.42. The van der Waals surface area contributed by atoms with Gasteiger partial charge in [-0.05, 0) is 49.3 Å². The largest absolute Gasteiger partial charge is 0.495 e. The zero-order chi connectivity index (χ0) is 14.2. The number of ether oxygens (including phenoxy) is 1. The normalized spacial score (nSPS) is 15.8. The summed E-state index contributed by atoms with van der Waals surface area (Å²) in [5.41, 5.74) is 9.42. The Bertz CT molecular complexity index is 528. The molecule has 1 aromatic carbocycles. The summed E-state index contributed by atoms with van der Waals surface area (Å²) in [6, 6.07) is -1.11. The summed E-state index contributed by atoms with van der Waals surface area (Å²) in [5.74, 6) is -0.664. The lowest BCUT2D eigenvalue weighted by atomic mass is 9.84. The Morgan fingerprint density at radius 2 is 1.95 bits per heavy atom. The lowest BCUT2D eigenvalue weighted by Crippen LogP contribution is -2.24. The smallest absolute Gasteiger partial charge is 0.325 e. The van der Waals surface area contributed by atoms with E-state index in [9.17, 15) is 4.79 Å². The predicted molar refractivity (Wildman–Crippen MR) is 73.9 cm³/mol. The second-order valence-electron chi connectivity index (χ2n) is 4.87. The number of rotatable bonds is 3. The van der Waals surface area contributed by atoms with E-state index < -0.39 is 12.0 Å². The Morgan fingerprint density at radius 3 is 2.47 bits per heavy atom. The Hall–Kier alpha value is -1.26. The lowest BCUT2D eigenvalue weighted by Gasteiger charge is -2.26. The van der Waals surface area contributed by atoms with Crippen LogP contribution in [0.4, 0.5) is 0 Å². The van der Waals surface area contributed by atoms with Gasteiger partial charge in [0.05, 0.1) is 12.1 Å². The second kappa shape index (κ2) is 5.39. The first-order valence-corrected chi connectivity index (χ1v) is 6.72. The molecule has 0 spiro atoms. The Balaban J connectivity index is 2.71. The van der Waals surface area contributed by atoms with Crippen molar-refractivity contribution in [2.45, 2.75) is 38.6 Å². The monoisotopic (exact) mass is 283 g/mol. The van der Waals surface area contributed by atoms with Gasteiger partial charge in [0.15, 0.2) is 0 Å². The van der Waals surface area contributed by atoms with Crippen molar-refractivity contribution >= 4 is 17.6 Å². The third kappa shape index (κ3) is 2.30. The first-order chi connectivity index (χ1) is 8.99. The van der Waals surface area contributed by atoms with Crippen molar-refractivity contribution in [2.75, 3.05) is 7.11 Å². The van der Waals surface area contributed by atoms with Crippen LogP contribution in [0.15, 0.2) is 0 Å². The maximum atomic E-state index is 11.2. The van der Waals surface area contributed by atoms with Crippen LogP contribution in [0.3, 0.4) is 0 Å². The number of benzene rings is 1. The van der Waals surface area contributed by atoms with Crippen molar-refractivity contribution in [3.63, 3.8) is 0 Å². The first-order valence-electron chi connectivity index (χ1n) is 6.35. The first kappa shape index (κ1) is 14.2. The third-order valence-electron chi connectivity index (χ3n) is 3.81. The van der Waals surface area contributed by atoms with Crippen LogP contribution < -0.4 is 10.5 Å². The number of nitrogens with two attached hydrogens (primary N) is 1. The van der Waals surface area contributed by atoms with Gasteiger partial charge < -0.3 is 15.6 Å². The van der Waals surface area contributed by atoms with E-state index in [0.717, 1.165) is 42.4 Å². The number of aliphatic carboxylic acids is 1. The molecule has 1 aliphatic carbocycles. The van der Waals surface area contributed by atoms with Crippen molar-refractivity contribution in [3.05, 3.63) is 27.3 Å². The van der Waals surface area contributed by atoms with E-state index in [1.807, 2.05) is 6.92 Å². The summed E-state index contributed by atoms with van der Waals surface area (Å²) < 4.78 is 5.32. The second-order valence-corrected chi connectivity index (χ2v) is 5.24. The Kier molecular flexibility index (Phi) is 4.02. The molecule has 19 heavy (non-hydrogen) atoms. The molecule has 0 saturated heterocycles. The van der Waals surface area contributed by atoms with Crippen LogP contribution in [0.1, 0.15) is 41.1 Å². The van der Waals surface area contributed by atoms with Crippen molar-refractivity contribution in [3.8, 4) is 5.75 Å². The van der Waals surface area contributed by atoms with Gasteiger partial charge in [-0.3, -0.25) is 4.79 Å². The Labute approximate surface area is 117 Å². The lowest BCUT2D eigenvalue weighted by molar-refractivity contribution is -0.138. The highest BCUT2D eigenvalue weighted by atomic mass is 35.5. The standard InChI is InChI=1S/C14H18ClNO3/c1-7-8-5-3-4-6-9(8)11(15)13(19-2)10(7)12(16)14(17)18/h12H,3-6,16H2,1-2H3,(H,17,18). The van der Waals surface area contributed by atoms with Crippen LogP contribution in [0.2, 0.25) is 5.02 Å². The number of halogens is 1. The van der Waals surface area contributed by atoms with Gasteiger partial charge in [0.2, 0.25) is 0 Å². The number of carbonyl (C=O) groups is 1. The molecule has 4 nitrogen and oxygen atoms in total. The minimum atomic E-state index is -1.11. The van der Waals surface area contributed by atoms with Crippen LogP contribution in [0, 0.1) is 6.92 Å². The maximum Gasteiger partial charge on any atom is 0.325 e. The fourth-order valence-electron chi connectivity index (χ4n) is 2.85. The van der Waals surface area contributed by atoms with Gasteiger partial charge in [0.25, 0.3) is 0 Å².